The van der Waals surface area contributed by atoms with E-state index in [0.717, 1.165) is 19.3 Å². The highest BCUT2D eigenvalue weighted by molar-refractivity contribution is 5.18. The summed E-state index contributed by atoms with van der Waals surface area (Å²) in [6.07, 6.45) is 3.04. The van der Waals surface area contributed by atoms with Crippen molar-refractivity contribution >= 4 is 0 Å². The van der Waals surface area contributed by atoms with Crippen molar-refractivity contribution in [2.75, 3.05) is 0 Å². The lowest BCUT2D eigenvalue weighted by atomic mass is 9.95. The van der Waals surface area contributed by atoms with Crippen molar-refractivity contribution < 1.29 is 0 Å². The number of rotatable bonds is 5. The second-order valence-electron chi connectivity index (χ2n) is 3.18. The van der Waals surface area contributed by atoms with Gasteiger partial charge in [0.25, 0.3) is 0 Å². The van der Waals surface area contributed by atoms with E-state index in [1.54, 1.807) is 0 Å². The van der Waals surface area contributed by atoms with Crippen LogP contribution in [-0.2, 0) is 0 Å². The van der Waals surface area contributed by atoms with E-state index in [0.29, 0.717) is 11.5 Å². The molecule has 0 aliphatic carbocycles. The van der Waals surface area contributed by atoms with E-state index in [1.807, 2.05) is 6.92 Å². The molecule has 1 nitrogen and oxygen atoms in total. The van der Waals surface area contributed by atoms with Crippen molar-refractivity contribution in [3.05, 3.63) is 24.3 Å². The van der Waals surface area contributed by atoms with Crippen LogP contribution in [-0.4, -0.2) is 0 Å². The van der Waals surface area contributed by atoms with Crippen LogP contribution in [0.25, 0.3) is 0 Å². The lowest BCUT2D eigenvalue weighted by molar-refractivity contribution is 0.620. The van der Waals surface area contributed by atoms with Crippen LogP contribution in [0.5, 0.6) is 0 Å². The van der Waals surface area contributed by atoms with Gasteiger partial charge in [-0.2, -0.15) is 5.26 Å². The summed E-state index contributed by atoms with van der Waals surface area (Å²) in [6.45, 7) is 11.7. The van der Waals surface area contributed by atoms with E-state index in [2.05, 4.69) is 26.2 Å². The molecule has 0 heterocycles. The molecule has 0 saturated carbocycles. The Balaban J connectivity index is 3.73. The van der Waals surface area contributed by atoms with Crippen LogP contribution in [0.4, 0.5) is 0 Å². The molecule has 0 N–H and O–H groups in total. The van der Waals surface area contributed by atoms with Crippen molar-refractivity contribution in [2.45, 2.75) is 33.1 Å². The summed E-state index contributed by atoms with van der Waals surface area (Å²) in [6, 6.07) is 2.08. The van der Waals surface area contributed by atoms with Crippen molar-refractivity contribution in [3.63, 3.8) is 0 Å². The zero-order chi connectivity index (χ0) is 9.56. The maximum absolute atomic E-state index is 8.56. The number of nitriles is 1. The van der Waals surface area contributed by atoms with Gasteiger partial charge in [0.15, 0.2) is 0 Å². The second kappa shape index (κ2) is 5.60. The van der Waals surface area contributed by atoms with Gasteiger partial charge >= 0.3 is 0 Å². The number of allylic oxidation sites excluding steroid dienone is 2. The Hall–Kier alpha value is -1.03. The molecule has 1 atom stereocenters. The molecule has 66 valence electrons. The average Bonchev–Trinajstić information content (AvgIpc) is 2.11. The van der Waals surface area contributed by atoms with Gasteiger partial charge in [-0.1, -0.05) is 32.6 Å². The molecule has 0 bridgehead atoms. The molecule has 0 aliphatic heterocycles. The van der Waals surface area contributed by atoms with Gasteiger partial charge in [-0.25, -0.2) is 0 Å². The SMILES string of the molecule is C=C(CC)CC[C@H](C)C(=C)C#N. The predicted molar refractivity (Wildman–Crippen MR) is 52.6 cm³/mol. The summed E-state index contributed by atoms with van der Waals surface area (Å²) >= 11 is 0. The van der Waals surface area contributed by atoms with Crippen LogP contribution in [0.3, 0.4) is 0 Å². The van der Waals surface area contributed by atoms with Gasteiger partial charge in [-0.05, 0) is 25.2 Å². The Bertz CT molecular complexity index is 208. The van der Waals surface area contributed by atoms with Crippen LogP contribution >= 0.6 is 0 Å². The summed E-state index contributed by atoms with van der Waals surface area (Å²) in [5, 5.41) is 8.56. The summed E-state index contributed by atoms with van der Waals surface area (Å²) in [5.74, 6) is 0.304. The van der Waals surface area contributed by atoms with E-state index in [-0.39, 0.29) is 0 Å². The fourth-order valence-corrected chi connectivity index (χ4v) is 0.882. The first-order valence-electron chi connectivity index (χ1n) is 4.37. The Morgan fingerprint density at radius 2 is 2.08 bits per heavy atom. The third-order valence-electron chi connectivity index (χ3n) is 2.17. The molecule has 0 fully saturated rings. The highest BCUT2D eigenvalue weighted by atomic mass is 14.3. The van der Waals surface area contributed by atoms with Crippen LogP contribution in [0.2, 0.25) is 0 Å². The largest absolute Gasteiger partial charge is 0.193 e. The van der Waals surface area contributed by atoms with Crippen molar-refractivity contribution in [1.82, 2.24) is 0 Å². The number of hydrogen-bond acceptors (Lipinski definition) is 1. The van der Waals surface area contributed by atoms with Gasteiger partial charge in [-0.15, -0.1) is 0 Å². The first-order chi connectivity index (χ1) is 5.61. The van der Waals surface area contributed by atoms with Gasteiger partial charge in [0.2, 0.25) is 0 Å². The van der Waals surface area contributed by atoms with Gasteiger partial charge in [-0.3, -0.25) is 0 Å². The fraction of sp³-hybridized carbons (Fsp3) is 0.545. The highest BCUT2D eigenvalue weighted by Crippen LogP contribution is 2.17. The Labute approximate surface area is 75.4 Å². The molecule has 0 aromatic carbocycles. The molecule has 0 aromatic heterocycles. The van der Waals surface area contributed by atoms with Gasteiger partial charge in [0.05, 0.1) is 6.07 Å². The van der Waals surface area contributed by atoms with Crippen LogP contribution in [0.1, 0.15) is 33.1 Å². The third-order valence-corrected chi connectivity index (χ3v) is 2.17. The quantitative estimate of drug-likeness (QED) is 0.450. The number of hydrogen-bond donors (Lipinski definition) is 0. The minimum Gasteiger partial charge on any atom is -0.193 e. The molecular weight excluding hydrogens is 146 g/mol. The van der Waals surface area contributed by atoms with E-state index in [4.69, 9.17) is 5.26 Å². The van der Waals surface area contributed by atoms with Crippen LogP contribution < -0.4 is 0 Å². The summed E-state index contributed by atoms with van der Waals surface area (Å²) in [4.78, 5) is 0. The zero-order valence-electron chi connectivity index (χ0n) is 8.06. The first kappa shape index (κ1) is 11.0. The molecule has 0 saturated heterocycles. The smallest absolute Gasteiger partial charge is 0.0943 e. The molecular formula is C11H17N. The summed E-state index contributed by atoms with van der Waals surface area (Å²) in [5.41, 5.74) is 1.94. The van der Waals surface area contributed by atoms with Crippen LogP contribution in [0.15, 0.2) is 24.3 Å². The third kappa shape index (κ3) is 3.98. The molecule has 0 aliphatic rings. The van der Waals surface area contributed by atoms with Crippen molar-refractivity contribution in [1.29, 1.82) is 5.26 Å². The van der Waals surface area contributed by atoms with E-state index in [9.17, 15) is 0 Å². The van der Waals surface area contributed by atoms with Crippen LogP contribution in [0, 0.1) is 17.2 Å². The molecule has 12 heavy (non-hydrogen) atoms. The summed E-state index contributed by atoms with van der Waals surface area (Å²) in [7, 11) is 0. The van der Waals surface area contributed by atoms with Crippen molar-refractivity contribution in [3.8, 4) is 6.07 Å². The molecule has 0 aromatic rings. The minimum atomic E-state index is 0.304. The Morgan fingerprint density at radius 1 is 1.50 bits per heavy atom. The van der Waals surface area contributed by atoms with E-state index < -0.39 is 0 Å². The standard InChI is InChI=1S/C11H17N/c1-5-9(2)6-7-10(3)11(4)8-12/h10H,2,4-7H2,1,3H3/t10-/m0/s1. The topological polar surface area (TPSA) is 23.8 Å². The highest BCUT2D eigenvalue weighted by Gasteiger charge is 2.05. The lowest BCUT2D eigenvalue weighted by Gasteiger charge is -2.08. The second-order valence-corrected chi connectivity index (χ2v) is 3.18. The average molecular weight is 163 g/mol. The van der Waals surface area contributed by atoms with E-state index in [1.165, 1.54) is 5.57 Å². The molecule has 0 amide bonds. The number of nitrogens with zero attached hydrogens (tertiary/aromatic N) is 1. The molecule has 0 spiro atoms. The minimum absolute atomic E-state index is 0.304. The summed E-state index contributed by atoms with van der Waals surface area (Å²) < 4.78 is 0. The lowest BCUT2D eigenvalue weighted by Crippen LogP contribution is -1.96. The zero-order valence-corrected chi connectivity index (χ0v) is 8.06. The molecule has 0 rings (SSSR count). The monoisotopic (exact) mass is 163 g/mol. The molecule has 0 radical (unpaired) electrons. The van der Waals surface area contributed by atoms with Gasteiger partial charge in [0, 0.05) is 5.57 Å². The Morgan fingerprint density at radius 3 is 2.50 bits per heavy atom. The first-order valence-corrected chi connectivity index (χ1v) is 4.37. The van der Waals surface area contributed by atoms with Crippen molar-refractivity contribution in [2.24, 2.45) is 5.92 Å². The fourth-order valence-electron chi connectivity index (χ4n) is 0.882. The Kier molecular flexibility index (Phi) is 5.12. The molecule has 1 heteroatoms. The van der Waals surface area contributed by atoms with Gasteiger partial charge in [0.1, 0.15) is 0 Å². The maximum atomic E-state index is 8.56. The maximum Gasteiger partial charge on any atom is 0.0943 e. The molecule has 0 unspecified atom stereocenters. The predicted octanol–water partition coefficient (Wildman–Crippen LogP) is 3.45. The van der Waals surface area contributed by atoms with Gasteiger partial charge < -0.3 is 0 Å². The normalized spacial score (nSPS) is 11.8. The van der Waals surface area contributed by atoms with E-state index >= 15 is 0 Å².